The molecule has 5 rings (SSSR count). The van der Waals surface area contributed by atoms with Crippen LogP contribution in [0.5, 0.6) is 0 Å². The van der Waals surface area contributed by atoms with Gasteiger partial charge in [0.15, 0.2) is 0 Å². The molecule has 1 amide bonds. The zero-order chi connectivity index (χ0) is 16.8. The number of fused-ring (bicyclic) bond motifs is 4. The van der Waals surface area contributed by atoms with Crippen LogP contribution >= 0.6 is 0 Å². The predicted molar refractivity (Wildman–Crippen MR) is 94.9 cm³/mol. The molecule has 3 aromatic rings. The maximum Gasteiger partial charge on any atom is 0.244 e. The molecule has 25 heavy (non-hydrogen) atoms. The topological polar surface area (TPSA) is 69.8 Å². The Labute approximate surface area is 145 Å². The summed E-state index contributed by atoms with van der Waals surface area (Å²) in [6.45, 7) is 0.769. The molecular weight excluding hydrogens is 312 g/mol. The van der Waals surface area contributed by atoms with Crippen molar-refractivity contribution in [3.63, 3.8) is 0 Å². The SMILES string of the molecule is O=C(NC1c2ccccc2-c2ccccc21)C1NCCc2[nH]cnc21. The first kappa shape index (κ1) is 14.4. The van der Waals surface area contributed by atoms with Gasteiger partial charge in [0.05, 0.1) is 18.1 Å². The molecule has 1 unspecified atom stereocenters. The van der Waals surface area contributed by atoms with Gasteiger partial charge in [-0.3, -0.25) is 4.79 Å². The van der Waals surface area contributed by atoms with Gasteiger partial charge in [0, 0.05) is 18.7 Å². The molecule has 5 nitrogen and oxygen atoms in total. The number of benzene rings is 2. The Balaban J connectivity index is 1.50. The molecule has 0 bridgehead atoms. The number of aromatic nitrogens is 2. The van der Waals surface area contributed by atoms with Crippen molar-refractivity contribution in [3.05, 3.63) is 77.4 Å². The second kappa shape index (κ2) is 5.57. The third kappa shape index (κ3) is 2.20. The second-order valence-corrected chi connectivity index (χ2v) is 6.52. The highest BCUT2D eigenvalue weighted by molar-refractivity contribution is 5.87. The van der Waals surface area contributed by atoms with Crippen molar-refractivity contribution in [1.29, 1.82) is 0 Å². The van der Waals surface area contributed by atoms with Gasteiger partial charge in [0.2, 0.25) is 5.91 Å². The van der Waals surface area contributed by atoms with Crippen LogP contribution in [0.15, 0.2) is 54.9 Å². The van der Waals surface area contributed by atoms with Crippen molar-refractivity contribution in [1.82, 2.24) is 20.6 Å². The van der Waals surface area contributed by atoms with Crippen LogP contribution in [0.4, 0.5) is 0 Å². The van der Waals surface area contributed by atoms with Crippen LogP contribution < -0.4 is 10.6 Å². The number of rotatable bonds is 2. The number of carbonyl (C=O) groups excluding carboxylic acids is 1. The van der Waals surface area contributed by atoms with E-state index in [0.29, 0.717) is 0 Å². The van der Waals surface area contributed by atoms with Crippen molar-refractivity contribution in [2.45, 2.75) is 18.5 Å². The summed E-state index contributed by atoms with van der Waals surface area (Å²) >= 11 is 0. The first-order chi connectivity index (χ1) is 12.3. The predicted octanol–water partition coefficient (Wildman–Crippen LogP) is 2.48. The lowest BCUT2D eigenvalue weighted by Crippen LogP contribution is -2.42. The minimum atomic E-state index is -0.407. The highest BCUT2D eigenvalue weighted by Crippen LogP contribution is 2.43. The monoisotopic (exact) mass is 330 g/mol. The van der Waals surface area contributed by atoms with Crippen LogP contribution in [0.25, 0.3) is 11.1 Å². The number of aromatic amines is 1. The fourth-order valence-electron chi connectivity index (χ4n) is 3.97. The Morgan fingerprint density at radius 1 is 1.04 bits per heavy atom. The lowest BCUT2D eigenvalue weighted by atomic mass is 10.0. The molecule has 1 aromatic heterocycles. The molecule has 2 aliphatic rings. The smallest absolute Gasteiger partial charge is 0.244 e. The second-order valence-electron chi connectivity index (χ2n) is 6.52. The third-order valence-corrected chi connectivity index (χ3v) is 5.13. The van der Waals surface area contributed by atoms with Crippen LogP contribution in [0.2, 0.25) is 0 Å². The standard InChI is InChI=1S/C20H18N4O/c25-20(19-18-16(9-10-21-19)22-11-23-18)24-17-14-7-3-1-5-12(14)13-6-2-4-8-15(13)17/h1-8,11,17,19,21H,9-10H2,(H,22,23)(H,24,25). The van der Waals surface area contributed by atoms with Gasteiger partial charge in [-0.25, -0.2) is 4.98 Å². The average Bonchev–Trinajstić information content (AvgIpc) is 3.25. The first-order valence-electron chi connectivity index (χ1n) is 8.57. The molecule has 0 saturated carbocycles. The van der Waals surface area contributed by atoms with Gasteiger partial charge >= 0.3 is 0 Å². The summed E-state index contributed by atoms with van der Waals surface area (Å²) < 4.78 is 0. The Morgan fingerprint density at radius 3 is 2.44 bits per heavy atom. The van der Waals surface area contributed by atoms with Crippen LogP contribution in [-0.2, 0) is 11.2 Å². The van der Waals surface area contributed by atoms with Gasteiger partial charge in [-0.2, -0.15) is 0 Å². The molecule has 0 saturated heterocycles. The Kier molecular flexibility index (Phi) is 3.21. The first-order valence-corrected chi connectivity index (χ1v) is 8.57. The normalized spacial score (nSPS) is 18.3. The third-order valence-electron chi connectivity index (χ3n) is 5.13. The highest BCUT2D eigenvalue weighted by atomic mass is 16.2. The molecule has 1 atom stereocenters. The molecule has 3 N–H and O–H groups in total. The molecule has 0 spiro atoms. The van der Waals surface area contributed by atoms with E-state index in [-0.39, 0.29) is 11.9 Å². The maximum absolute atomic E-state index is 13.0. The fraction of sp³-hybridized carbons (Fsp3) is 0.200. The summed E-state index contributed by atoms with van der Waals surface area (Å²) in [4.78, 5) is 20.5. The van der Waals surface area contributed by atoms with E-state index in [1.54, 1.807) is 6.33 Å². The van der Waals surface area contributed by atoms with E-state index in [4.69, 9.17) is 0 Å². The minimum absolute atomic E-state index is 0.0374. The lowest BCUT2D eigenvalue weighted by molar-refractivity contribution is -0.124. The molecule has 2 heterocycles. The molecule has 0 fully saturated rings. The van der Waals surface area contributed by atoms with Crippen molar-refractivity contribution >= 4 is 5.91 Å². The number of H-pyrrole nitrogens is 1. The van der Waals surface area contributed by atoms with E-state index in [0.717, 1.165) is 35.5 Å². The quantitative estimate of drug-likeness (QED) is 0.676. The van der Waals surface area contributed by atoms with Crippen molar-refractivity contribution in [3.8, 4) is 11.1 Å². The Bertz CT molecular complexity index is 916. The van der Waals surface area contributed by atoms with Gasteiger partial charge in [0.1, 0.15) is 6.04 Å². The van der Waals surface area contributed by atoms with Gasteiger partial charge < -0.3 is 15.6 Å². The highest BCUT2D eigenvalue weighted by Gasteiger charge is 2.34. The lowest BCUT2D eigenvalue weighted by Gasteiger charge is -2.24. The number of nitrogens with one attached hydrogen (secondary N) is 3. The van der Waals surface area contributed by atoms with Crippen LogP contribution in [0.1, 0.15) is 34.6 Å². The summed E-state index contributed by atoms with van der Waals surface area (Å²) in [6, 6.07) is 16.0. The molecule has 0 radical (unpaired) electrons. The van der Waals surface area contributed by atoms with Crippen LogP contribution in [0.3, 0.4) is 0 Å². The molecule has 1 aliphatic heterocycles. The average molecular weight is 330 g/mol. The number of imidazole rings is 1. The van der Waals surface area contributed by atoms with Gasteiger partial charge in [0.25, 0.3) is 0 Å². The zero-order valence-corrected chi connectivity index (χ0v) is 13.6. The van der Waals surface area contributed by atoms with Crippen molar-refractivity contribution < 1.29 is 4.79 Å². The van der Waals surface area contributed by atoms with E-state index < -0.39 is 6.04 Å². The summed E-state index contributed by atoms with van der Waals surface area (Å²) in [7, 11) is 0. The fourth-order valence-corrected chi connectivity index (χ4v) is 3.97. The van der Waals surface area contributed by atoms with Crippen LogP contribution in [0, 0.1) is 0 Å². The molecule has 5 heteroatoms. The Hall–Kier alpha value is -2.92. The van der Waals surface area contributed by atoms with E-state index in [1.807, 2.05) is 24.3 Å². The molecule has 124 valence electrons. The van der Waals surface area contributed by atoms with Crippen LogP contribution in [-0.4, -0.2) is 22.4 Å². The number of hydrogen-bond acceptors (Lipinski definition) is 3. The zero-order valence-electron chi connectivity index (χ0n) is 13.6. The van der Waals surface area contributed by atoms with Gasteiger partial charge in [-0.05, 0) is 22.3 Å². The van der Waals surface area contributed by atoms with Crippen molar-refractivity contribution in [2.75, 3.05) is 6.54 Å². The maximum atomic E-state index is 13.0. The van der Waals surface area contributed by atoms with E-state index in [2.05, 4.69) is 44.9 Å². The minimum Gasteiger partial charge on any atom is -0.348 e. The Morgan fingerprint density at radius 2 is 1.72 bits per heavy atom. The number of amides is 1. The summed E-state index contributed by atoms with van der Waals surface area (Å²) in [5, 5.41) is 6.52. The summed E-state index contributed by atoms with van der Waals surface area (Å²) in [6.07, 6.45) is 2.53. The van der Waals surface area contributed by atoms with Gasteiger partial charge in [-0.15, -0.1) is 0 Å². The number of nitrogens with zero attached hydrogens (tertiary/aromatic N) is 1. The number of hydrogen-bond donors (Lipinski definition) is 3. The number of carbonyl (C=O) groups is 1. The summed E-state index contributed by atoms with van der Waals surface area (Å²) in [5.74, 6) is -0.0374. The van der Waals surface area contributed by atoms with Gasteiger partial charge in [-0.1, -0.05) is 48.5 Å². The van der Waals surface area contributed by atoms with Crippen molar-refractivity contribution in [2.24, 2.45) is 0 Å². The molecule has 1 aliphatic carbocycles. The summed E-state index contributed by atoms with van der Waals surface area (Å²) in [5.41, 5.74) is 6.54. The largest absolute Gasteiger partial charge is 0.348 e. The molecular formula is C20H18N4O. The van der Waals surface area contributed by atoms with E-state index in [1.165, 1.54) is 11.1 Å². The van der Waals surface area contributed by atoms with E-state index in [9.17, 15) is 4.79 Å². The van der Waals surface area contributed by atoms with E-state index >= 15 is 0 Å². The molecule has 2 aromatic carbocycles.